The lowest BCUT2D eigenvalue weighted by Crippen LogP contribution is -2.07. The third-order valence-electron chi connectivity index (χ3n) is 1.58. The third kappa shape index (κ3) is 2.93. The molecular weight excluding hydrogens is 164 g/mol. The van der Waals surface area contributed by atoms with Crippen molar-refractivity contribution in [2.24, 2.45) is 5.92 Å². The molecule has 13 heavy (non-hydrogen) atoms. The lowest BCUT2D eigenvalue weighted by Gasteiger charge is -2.09. The standard InChI is InChI=1S/C10H16N2O/c1-7(2)6-13-10-9(11)5-4-8(3)12-10/h4-5,7H,6,11H2,1-3H3. The number of nitrogen functional groups attached to an aromatic ring is 1. The van der Waals surface area contributed by atoms with E-state index in [9.17, 15) is 0 Å². The first-order valence-electron chi connectivity index (χ1n) is 4.45. The van der Waals surface area contributed by atoms with Gasteiger partial charge >= 0.3 is 0 Å². The van der Waals surface area contributed by atoms with Gasteiger partial charge in [0.2, 0.25) is 5.88 Å². The summed E-state index contributed by atoms with van der Waals surface area (Å²) in [5, 5.41) is 0. The highest BCUT2D eigenvalue weighted by molar-refractivity contribution is 5.48. The van der Waals surface area contributed by atoms with Crippen LogP contribution in [0, 0.1) is 12.8 Å². The summed E-state index contributed by atoms with van der Waals surface area (Å²) in [5.74, 6) is 1.04. The van der Waals surface area contributed by atoms with Crippen molar-refractivity contribution in [2.75, 3.05) is 12.3 Å². The highest BCUT2D eigenvalue weighted by Crippen LogP contribution is 2.18. The Morgan fingerprint density at radius 3 is 2.77 bits per heavy atom. The average molecular weight is 180 g/mol. The van der Waals surface area contributed by atoms with Gasteiger partial charge in [-0.05, 0) is 25.0 Å². The minimum absolute atomic E-state index is 0.488. The van der Waals surface area contributed by atoms with E-state index < -0.39 is 0 Å². The second-order valence-corrected chi connectivity index (χ2v) is 3.55. The topological polar surface area (TPSA) is 48.1 Å². The minimum atomic E-state index is 0.488. The Kier molecular flexibility index (Phi) is 3.12. The maximum Gasteiger partial charge on any atom is 0.237 e. The van der Waals surface area contributed by atoms with Gasteiger partial charge in [0.1, 0.15) is 0 Å². The van der Waals surface area contributed by atoms with Gasteiger partial charge in [0, 0.05) is 5.69 Å². The van der Waals surface area contributed by atoms with Crippen LogP contribution in [0.2, 0.25) is 0 Å². The molecule has 1 heterocycles. The number of hydrogen-bond donors (Lipinski definition) is 1. The smallest absolute Gasteiger partial charge is 0.237 e. The molecule has 0 fully saturated rings. The van der Waals surface area contributed by atoms with Gasteiger partial charge in [-0.3, -0.25) is 0 Å². The Balaban J connectivity index is 2.70. The number of pyridine rings is 1. The molecule has 0 aliphatic carbocycles. The van der Waals surface area contributed by atoms with Crippen LogP contribution >= 0.6 is 0 Å². The van der Waals surface area contributed by atoms with Gasteiger partial charge in [0.05, 0.1) is 12.3 Å². The Morgan fingerprint density at radius 2 is 2.15 bits per heavy atom. The Bertz CT molecular complexity index is 284. The van der Waals surface area contributed by atoms with E-state index in [1.165, 1.54) is 0 Å². The second-order valence-electron chi connectivity index (χ2n) is 3.55. The van der Waals surface area contributed by atoms with E-state index in [1.54, 1.807) is 0 Å². The van der Waals surface area contributed by atoms with Crippen molar-refractivity contribution >= 4 is 5.69 Å². The number of hydrogen-bond acceptors (Lipinski definition) is 3. The van der Waals surface area contributed by atoms with Gasteiger partial charge < -0.3 is 10.5 Å². The zero-order chi connectivity index (χ0) is 9.84. The molecule has 1 aromatic rings. The number of nitrogens with two attached hydrogens (primary N) is 1. The molecule has 2 N–H and O–H groups in total. The molecule has 0 spiro atoms. The molecule has 0 saturated carbocycles. The minimum Gasteiger partial charge on any atom is -0.476 e. The number of anilines is 1. The van der Waals surface area contributed by atoms with E-state index in [1.807, 2.05) is 19.1 Å². The van der Waals surface area contributed by atoms with Crippen LogP contribution in [0.3, 0.4) is 0 Å². The molecule has 0 saturated heterocycles. The number of nitrogens with zero attached hydrogens (tertiary/aromatic N) is 1. The first kappa shape index (κ1) is 9.84. The molecule has 0 aliphatic heterocycles. The molecule has 0 atom stereocenters. The predicted octanol–water partition coefficient (Wildman–Crippen LogP) is 2.01. The molecule has 0 aromatic carbocycles. The van der Waals surface area contributed by atoms with E-state index in [0.717, 1.165) is 5.69 Å². The number of rotatable bonds is 3. The summed E-state index contributed by atoms with van der Waals surface area (Å²) in [4.78, 5) is 4.20. The normalized spacial score (nSPS) is 10.5. The molecule has 1 aromatic heterocycles. The van der Waals surface area contributed by atoms with Crippen LogP contribution in [0.5, 0.6) is 5.88 Å². The molecule has 3 heteroatoms. The Morgan fingerprint density at radius 1 is 1.46 bits per heavy atom. The predicted molar refractivity (Wildman–Crippen MR) is 53.7 cm³/mol. The lowest BCUT2D eigenvalue weighted by atomic mass is 10.2. The van der Waals surface area contributed by atoms with Crippen molar-refractivity contribution in [3.63, 3.8) is 0 Å². The lowest BCUT2D eigenvalue weighted by molar-refractivity contribution is 0.262. The maximum absolute atomic E-state index is 5.69. The molecule has 0 unspecified atom stereocenters. The highest BCUT2D eigenvalue weighted by Gasteiger charge is 2.03. The molecule has 0 bridgehead atoms. The van der Waals surface area contributed by atoms with Crippen molar-refractivity contribution in [3.05, 3.63) is 17.8 Å². The average Bonchev–Trinajstić information content (AvgIpc) is 2.06. The second kappa shape index (κ2) is 4.12. The molecule has 72 valence electrons. The van der Waals surface area contributed by atoms with Crippen molar-refractivity contribution in [3.8, 4) is 5.88 Å². The molecule has 3 nitrogen and oxygen atoms in total. The van der Waals surface area contributed by atoms with Gasteiger partial charge in [-0.25, -0.2) is 4.98 Å². The van der Waals surface area contributed by atoms with Crippen molar-refractivity contribution in [1.29, 1.82) is 0 Å². The van der Waals surface area contributed by atoms with Crippen LogP contribution in [0.1, 0.15) is 19.5 Å². The summed E-state index contributed by atoms with van der Waals surface area (Å²) < 4.78 is 5.44. The quantitative estimate of drug-likeness (QED) is 0.774. The van der Waals surface area contributed by atoms with E-state index in [2.05, 4.69) is 18.8 Å². The number of aromatic nitrogens is 1. The van der Waals surface area contributed by atoms with Crippen molar-refractivity contribution in [1.82, 2.24) is 4.98 Å². The van der Waals surface area contributed by atoms with Crippen LogP contribution in [0.25, 0.3) is 0 Å². The zero-order valence-electron chi connectivity index (χ0n) is 8.37. The molecule has 0 radical (unpaired) electrons. The molecular formula is C10H16N2O. The van der Waals surface area contributed by atoms with Crippen LogP contribution < -0.4 is 10.5 Å². The van der Waals surface area contributed by atoms with E-state index >= 15 is 0 Å². The van der Waals surface area contributed by atoms with Crippen LogP contribution in [-0.2, 0) is 0 Å². The fourth-order valence-electron chi connectivity index (χ4n) is 0.905. The van der Waals surface area contributed by atoms with Gasteiger partial charge in [0.15, 0.2) is 0 Å². The first-order chi connectivity index (χ1) is 6.09. The van der Waals surface area contributed by atoms with Crippen LogP contribution in [0.4, 0.5) is 5.69 Å². The van der Waals surface area contributed by atoms with E-state index in [0.29, 0.717) is 24.1 Å². The fraction of sp³-hybridized carbons (Fsp3) is 0.500. The van der Waals surface area contributed by atoms with E-state index in [-0.39, 0.29) is 0 Å². The fourth-order valence-corrected chi connectivity index (χ4v) is 0.905. The highest BCUT2D eigenvalue weighted by atomic mass is 16.5. The van der Waals surface area contributed by atoms with Crippen molar-refractivity contribution < 1.29 is 4.74 Å². The van der Waals surface area contributed by atoms with Crippen LogP contribution in [0.15, 0.2) is 12.1 Å². The monoisotopic (exact) mass is 180 g/mol. The number of aryl methyl sites for hydroxylation is 1. The SMILES string of the molecule is Cc1ccc(N)c(OCC(C)C)n1. The molecule has 0 amide bonds. The van der Waals surface area contributed by atoms with Gasteiger partial charge in [-0.15, -0.1) is 0 Å². The molecule has 0 aliphatic rings. The van der Waals surface area contributed by atoms with E-state index in [4.69, 9.17) is 10.5 Å². The largest absolute Gasteiger partial charge is 0.476 e. The van der Waals surface area contributed by atoms with Gasteiger partial charge in [0.25, 0.3) is 0 Å². The maximum atomic E-state index is 5.69. The summed E-state index contributed by atoms with van der Waals surface area (Å²) >= 11 is 0. The molecule has 1 rings (SSSR count). The number of ether oxygens (including phenoxy) is 1. The van der Waals surface area contributed by atoms with Crippen molar-refractivity contribution in [2.45, 2.75) is 20.8 Å². The van der Waals surface area contributed by atoms with Gasteiger partial charge in [-0.1, -0.05) is 13.8 Å². The summed E-state index contributed by atoms with van der Waals surface area (Å²) in [6, 6.07) is 3.69. The first-order valence-corrected chi connectivity index (χ1v) is 4.45. The Labute approximate surface area is 78.9 Å². The Hall–Kier alpha value is -1.25. The summed E-state index contributed by atoms with van der Waals surface area (Å²) in [6.07, 6.45) is 0. The zero-order valence-corrected chi connectivity index (χ0v) is 8.37. The summed E-state index contributed by atoms with van der Waals surface area (Å²) in [7, 11) is 0. The van der Waals surface area contributed by atoms with Crippen LogP contribution in [-0.4, -0.2) is 11.6 Å². The third-order valence-corrected chi connectivity index (χ3v) is 1.58. The summed E-state index contributed by atoms with van der Waals surface area (Å²) in [6.45, 7) is 6.75. The summed E-state index contributed by atoms with van der Waals surface area (Å²) in [5.41, 5.74) is 7.22. The van der Waals surface area contributed by atoms with Gasteiger partial charge in [-0.2, -0.15) is 0 Å².